The van der Waals surface area contributed by atoms with Crippen molar-refractivity contribution in [2.24, 2.45) is 0 Å². The molecule has 1 aromatic rings. The number of halogens is 6. The summed E-state index contributed by atoms with van der Waals surface area (Å²) in [4.78, 5) is -1.98. The van der Waals surface area contributed by atoms with Crippen molar-refractivity contribution in [1.82, 2.24) is 0 Å². The van der Waals surface area contributed by atoms with Crippen LogP contribution in [0.15, 0.2) is 27.6 Å². The maximum absolute atomic E-state index is 12.2. The van der Waals surface area contributed by atoms with E-state index in [4.69, 9.17) is 5.73 Å². The molecule has 0 aromatic heterocycles. The summed E-state index contributed by atoms with van der Waals surface area (Å²) >= 11 is 2.81. The summed E-state index contributed by atoms with van der Waals surface area (Å²) in [5, 5.41) is 0. The Balaban J connectivity index is 3.45. The van der Waals surface area contributed by atoms with E-state index in [2.05, 4.69) is 15.9 Å². The zero-order chi connectivity index (χ0) is 11.3. The molecule has 0 heterocycles. The minimum Gasteiger partial charge on any atom is -0.398 e. The molecule has 0 aliphatic rings. The molecule has 0 aliphatic carbocycles. The molecule has 0 unspecified atom stereocenters. The van der Waals surface area contributed by atoms with Gasteiger partial charge in [0.25, 0.3) is 0 Å². The van der Waals surface area contributed by atoms with Gasteiger partial charge in [-0.05, 0) is 34.1 Å². The van der Waals surface area contributed by atoms with E-state index < -0.39 is 15.1 Å². The van der Waals surface area contributed by atoms with Crippen LogP contribution in [0.1, 0.15) is 0 Å². The highest BCUT2D eigenvalue weighted by Crippen LogP contribution is 3.02. The molecule has 0 saturated carbocycles. The van der Waals surface area contributed by atoms with Crippen LogP contribution in [0.2, 0.25) is 0 Å². The van der Waals surface area contributed by atoms with Crippen LogP contribution in [-0.2, 0) is 0 Å². The van der Waals surface area contributed by atoms with Crippen molar-refractivity contribution in [3.63, 3.8) is 0 Å². The number of anilines is 1. The Labute approximate surface area is 84.9 Å². The number of rotatable bonds is 1. The first kappa shape index (κ1) is 11.6. The Bertz CT molecular complexity index is 386. The van der Waals surface area contributed by atoms with E-state index >= 15 is 0 Å². The van der Waals surface area contributed by atoms with Crippen LogP contribution in [0.4, 0.5) is 25.1 Å². The summed E-state index contributed by atoms with van der Waals surface area (Å²) in [5.41, 5.74) is 4.69. The first-order valence-corrected chi connectivity index (χ1v) is 5.94. The van der Waals surface area contributed by atoms with E-state index in [1.165, 1.54) is 0 Å². The Morgan fingerprint density at radius 3 is 1.93 bits per heavy atom. The summed E-state index contributed by atoms with van der Waals surface area (Å²) in [5.74, 6) is 0. The Morgan fingerprint density at radius 1 is 1.07 bits per heavy atom. The molecule has 8 heteroatoms. The van der Waals surface area contributed by atoms with Crippen LogP contribution in [0.25, 0.3) is 0 Å². The Kier molecular flexibility index (Phi) is 1.95. The van der Waals surface area contributed by atoms with Crippen molar-refractivity contribution in [3.8, 4) is 0 Å². The zero-order valence-electron chi connectivity index (χ0n) is 6.49. The van der Waals surface area contributed by atoms with Gasteiger partial charge in [0.05, 0.1) is 0 Å². The second kappa shape index (κ2) is 2.35. The average molecular weight is 298 g/mol. The summed E-state index contributed by atoms with van der Waals surface area (Å²) < 4.78 is 61.1. The molecule has 0 fully saturated rings. The van der Waals surface area contributed by atoms with Crippen LogP contribution in [-0.4, -0.2) is 0 Å². The normalized spacial score (nSPS) is 17.3. The quantitative estimate of drug-likeness (QED) is 0.591. The lowest BCUT2D eigenvalue weighted by Gasteiger charge is -2.40. The number of nitrogens with two attached hydrogens (primary N) is 1. The SMILES string of the molecule is Nc1cc(S(F)(F)(F)(F)F)ccc1Br. The number of hydrogen-bond donors (Lipinski definition) is 1. The fraction of sp³-hybridized carbons (Fsp3) is 0. The average Bonchev–Trinajstić information content (AvgIpc) is 1.89. The standard InChI is InChI=1S/C6H5BrF5NS/c7-5-2-1-4(3-6(5)13)14(8,9,10,11)12/h1-3H,13H2. The molecule has 0 spiro atoms. The molecule has 1 aromatic carbocycles. The number of benzene rings is 1. The predicted molar refractivity (Wildman–Crippen MR) is 50.0 cm³/mol. The number of nitrogen functional groups attached to an aromatic ring is 1. The molecule has 0 saturated heterocycles. The molecule has 0 amide bonds. The largest absolute Gasteiger partial charge is 0.398 e. The minimum absolute atomic E-state index is 0.142. The summed E-state index contributed by atoms with van der Waals surface area (Å²) in [6.07, 6.45) is 0. The molecule has 0 radical (unpaired) electrons. The van der Waals surface area contributed by atoms with Gasteiger partial charge in [-0.15, -0.1) is 0 Å². The maximum Gasteiger partial charge on any atom is 0.310 e. The van der Waals surface area contributed by atoms with E-state index in [1.54, 1.807) is 0 Å². The van der Waals surface area contributed by atoms with Gasteiger partial charge < -0.3 is 5.73 Å². The highest BCUT2D eigenvalue weighted by atomic mass is 79.9. The third kappa shape index (κ3) is 2.50. The number of hydrogen-bond acceptors (Lipinski definition) is 1. The summed E-state index contributed by atoms with van der Waals surface area (Å²) in [7, 11) is -9.59. The summed E-state index contributed by atoms with van der Waals surface area (Å²) in [6, 6.07) is 1.34. The van der Waals surface area contributed by atoms with Crippen LogP contribution < -0.4 is 5.73 Å². The third-order valence-electron chi connectivity index (χ3n) is 1.41. The Hall–Kier alpha value is -0.500. The van der Waals surface area contributed by atoms with Gasteiger partial charge in [-0.2, -0.15) is 0 Å². The molecule has 14 heavy (non-hydrogen) atoms. The molecule has 1 rings (SSSR count). The highest BCUT2D eigenvalue weighted by molar-refractivity contribution is 9.10. The predicted octanol–water partition coefficient (Wildman–Crippen LogP) is 4.69. The van der Waals surface area contributed by atoms with Gasteiger partial charge in [-0.1, -0.05) is 19.4 Å². The first-order valence-electron chi connectivity index (χ1n) is 3.19. The first-order chi connectivity index (χ1) is 5.90. The molecule has 1 nitrogen and oxygen atoms in total. The van der Waals surface area contributed by atoms with Crippen LogP contribution in [0.3, 0.4) is 0 Å². The second-order valence-corrected chi connectivity index (χ2v) is 5.92. The second-order valence-electron chi connectivity index (χ2n) is 2.65. The van der Waals surface area contributed by atoms with Crippen molar-refractivity contribution in [2.45, 2.75) is 4.90 Å². The molecule has 0 aliphatic heterocycles. The highest BCUT2D eigenvalue weighted by Gasteiger charge is 2.65. The van der Waals surface area contributed by atoms with E-state index in [-0.39, 0.29) is 16.2 Å². The molecule has 2 N–H and O–H groups in total. The van der Waals surface area contributed by atoms with Gasteiger partial charge in [0, 0.05) is 10.2 Å². The maximum atomic E-state index is 12.2. The van der Waals surface area contributed by atoms with E-state index in [9.17, 15) is 19.4 Å². The van der Waals surface area contributed by atoms with Gasteiger partial charge in [-0.25, -0.2) is 0 Å². The summed E-state index contributed by atoms with van der Waals surface area (Å²) in [6.45, 7) is 0. The van der Waals surface area contributed by atoms with E-state index in [0.717, 1.165) is 6.07 Å². The fourth-order valence-electron chi connectivity index (χ4n) is 0.762. The molecular formula is C6H5BrF5NS. The van der Waals surface area contributed by atoms with Crippen molar-refractivity contribution in [3.05, 3.63) is 22.7 Å². The van der Waals surface area contributed by atoms with Gasteiger partial charge in [0.1, 0.15) is 4.90 Å². The van der Waals surface area contributed by atoms with E-state index in [0.29, 0.717) is 6.07 Å². The zero-order valence-corrected chi connectivity index (χ0v) is 8.89. The van der Waals surface area contributed by atoms with Crippen molar-refractivity contribution >= 4 is 31.8 Å². The van der Waals surface area contributed by atoms with Gasteiger partial charge in [-0.3, -0.25) is 0 Å². The van der Waals surface area contributed by atoms with Gasteiger partial charge in [0.2, 0.25) is 0 Å². The molecular weight excluding hydrogens is 293 g/mol. The topological polar surface area (TPSA) is 26.0 Å². The smallest absolute Gasteiger partial charge is 0.310 e. The fourth-order valence-corrected chi connectivity index (χ4v) is 1.68. The molecule has 0 bridgehead atoms. The third-order valence-corrected chi connectivity index (χ3v) is 3.28. The lowest BCUT2D eigenvalue weighted by Crippen LogP contribution is -2.06. The monoisotopic (exact) mass is 297 g/mol. The molecule has 82 valence electrons. The van der Waals surface area contributed by atoms with Gasteiger partial charge >= 0.3 is 10.2 Å². The Morgan fingerprint density at radius 2 is 1.57 bits per heavy atom. The van der Waals surface area contributed by atoms with Crippen LogP contribution in [0, 0.1) is 0 Å². The van der Waals surface area contributed by atoms with Crippen molar-refractivity contribution in [1.29, 1.82) is 0 Å². The van der Waals surface area contributed by atoms with Crippen LogP contribution in [0.5, 0.6) is 0 Å². The van der Waals surface area contributed by atoms with E-state index in [1.807, 2.05) is 0 Å². The lowest BCUT2D eigenvalue weighted by atomic mass is 10.3. The van der Waals surface area contributed by atoms with Crippen molar-refractivity contribution < 1.29 is 19.4 Å². The van der Waals surface area contributed by atoms with Crippen molar-refractivity contribution in [2.75, 3.05) is 5.73 Å². The lowest BCUT2D eigenvalue weighted by molar-refractivity contribution is 0.364. The van der Waals surface area contributed by atoms with Gasteiger partial charge in [0.15, 0.2) is 0 Å². The molecule has 0 atom stereocenters. The minimum atomic E-state index is -9.59. The van der Waals surface area contributed by atoms with Crippen LogP contribution >= 0.6 is 26.2 Å².